The van der Waals surface area contributed by atoms with Crippen LogP contribution in [0.15, 0.2) is 36.5 Å². The minimum atomic E-state index is -0.0716. The first-order valence-corrected chi connectivity index (χ1v) is 9.74. The Morgan fingerprint density at radius 1 is 1.04 bits per heavy atom. The van der Waals surface area contributed by atoms with E-state index in [9.17, 15) is 4.79 Å². The van der Waals surface area contributed by atoms with E-state index in [0.29, 0.717) is 42.0 Å². The van der Waals surface area contributed by atoms with Gasteiger partial charge in [-0.25, -0.2) is 9.78 Å². The molecular weight excluding hydrogens is 409 g/mol. The lowest BCUT2D eigenvalue weighted by Gasteiger charge is -2.36. The molecule has 3 rings (SSSR count). The number of hydrogen-bond acceptors (Lipinski definition) is 4. The maximum atomic E-state index is 12.3. The number of urea groups is 1. The molecule has 1 saturated heterocycles. The third-order valence-corrected chi connectivity index (χ3v) is 4.97. The number of hydrogen-bond donors (Lipinski definition) is 2. The molecule has 2 heterocycles. The third kappa shape index (κ3) is 5.54. The number of nitrogens with zero attached hydrogens (tertiary/aromatic N) is 3. The van der Waals surface area contributed by atoms with E-state index in [0.717, 1.165) is 23.8 Å². The predicted molar refractivity (Wildman–Crippen MR) is 111 cm³/mol. The van der Waals surface area contributed by atoms with E-state index in [4.69, 9.17) is 34.8 Å². The fourth-order valence-corrected chi connectivity index (χ4v) is 3.48. The Labute approximate surface area is 173 Å². The van der Waals surface area contributed by atoms with Crippen molar-refractivity contribution in [2.45, 2.75) is 0 Å². The van der Waals surface area contributed by atoms with E-state index in [1.165, 1.54) is 6.20 Å². The van der Waals surface area contributed by atoms with Gasteiger partial charge in [-0.2, -0.15) is 0 Å². The minimum absolute atomic E-state index is 0.0716. The van der Waals surface area contributed by atoms with Gasteiger partial charge in [-0.15, -0.1) is 0 Å². The van der Waals surface area contributed by atoms with Crippen molar-refractivity contribution in [1.29, 1.82) is 0 Å². The van der Waals surface area contributed by atoms with Gasteiger partial charge in [-0.1, -0.05) is 40.9 Å². The third-order valence-electron chi connectivity index (χ3n) is 4.24. The molecule has 2 N–H and O–H groups in total. The number of carbonyl (C=O) groups is 1. The smallest absolute Gasteiger partial charge is 0.317 e. The summed E-state index contributed by atoms with van der Waals surface area (Å²) in [7, 11) is 0. The highest BCUT2D eigenvalue weighted by atomic mass is 35.5. The zero-order chi connectivity index (χ0) is 19.2. The summed E-state index contributed by atoms with van der Waals surface area (Å²) in [6.45, 7) is 3.86. The number of benzene rings is 1. The monoisotopic (exact) mass is 427 g/mol. The molecule has 0 aliphatic carbocycles. The summed E-state index contributed by atoms with van der Waals surface area (Å²) in [5.41, 5.74) is 1.08. The van der Waals surface area contributed by atoms with E-state index in [2.05, 4.69) is 20.5 Å². The van der Waals surface area contributed by atoms with Crippen molar-refractivity contribution in [2.75, 3.05) is 49.5 Å². The van der Waals surface area contributed by atoms with Gasteiger partial charge in [0.15, 0.2) is 0 Å². The predicted octanol–water partition coefficient (Wildman–Crippen LogP) is 3.99. The van der Waals surface area contributed by atoms with Crippen LogP contribution < -0.4 is 15.5 Å². The van der Waals surface area contributed by atoms with Crippen molar-refractivity contribution in [3.05, 3.63) is 51.6 Å². The van der Waals surface area contributed by atoms with Crippen LogP contribution in [0.1, 0.15) is 0 Å². The van der Waals surface area contributed by atoms with Crippen molar-refractivity contribution in [1.82, 2.24) is 15.2 Å². The first-order valence-electron chi connectivity index (χ1n) is 8.61. The van der Waals surface area contributed by atoms with Crippen molar-refractivity contribution in [3.8, 4) is 0 Å². The molecule has 6 nitrogen and oxygen atoms in total. The second-order valence-electron chi connectivity index (χ2n) is 6.10. The second kappa shape index (κ2) is 9.35. The van der Waals surface area contributed by atoms with E-state index in [1.807, 2.05) is 29.2 Å². The lowest BCUT2D eigenvalue weighted by atomic mass is 10.2. The van der Waals surface area contributed by atoms with Crippen LogP contribution in [0.4, 0.5) is 16.3 Å². The van der Waals surface area contributed by atoms with Gasteiger partial charge >= 0.3 is 6.03 Å². The van der Waals surface area contributed by atoms with Gasteiger partial charge in [-0.3, -0.25) is 0 Å². The van der Waals surface area contributed by atoms with Crippen LogP contribution >= 0.6 is 34.8 Å². The maximum Gasteiger partial charge on any atom is 0.317 e. The lowest BCUT2D eigenvalue weighted by Crippen LogP contribution is -2.52. The number of carbonyl (C=O) groups excluding carboxylic acids is 1. The maximum absolute atomic E-state index is 12.3. The number of aromatic nitrogens is 1. The quantitative estimate of drug-likeness (QED) is 0.707. The molecule has 27 heavy (non-hydrogen) atoms. The first-order chi connectivity index (χ1) is 13.0. The van der Waals surface area contributed by atoms with Crippen LogP contribution in [-0.2, 0) is 0 Å². The van der Waals surface area contributed by atoms with E-state index >= 15 is 0 Å². The standard InChI is InChI=1S/C18H20Cl3N5O/c19-13-2-1-3-15(10-13)25-6-8-26(9-7-25)18(27)23-5-4-22-17-16(21)11-14(20)12-24-17/h1-3,10-12H,4-9H2,(H,22,24)(H,23,27). The van der Waals surface area contributed by atoms with E-state index < -0.39 is 0 Å². The average Bonchev–Trinajstić information content (AvgIpc) is 2.66. The summed E-state index contributed by atoms with van der Waals surface area (Å²) in [4.78, 5) is 20.5. The summed E-state index contributed by atoms with van der Waals surface area (Å²) >= 11 is 17.9. The summed E-state index contributed by atoms with van der Waals surface area (Å²) in [6, 6.07) is 9.32. The molecule has 144 valence electrons. The van der Waals surface area contributed by atoms with E-state index in [1.54, 1.807) is 6.07 Å². The van der Waals surface area contributed by atoms with Crippen LogP contribution in [0.25, 0.3) is 0 Å². The average molecular weight is 429 g/mol. The van der Waals surface area contributed by atoms with Gasteiger partial charge in [-0.05, 0) is 24.3 Å². The van der Waals surface area contributed by atoms with Gasteiger partial charge in [0.25, 0.3) is 0 Å². The van der Waals surface area contributed by atoms with Gasteiger partial charge in [0.2, 0.25) is 0 Å². The fraction of sp³-hybridized carbons (Fsp3) is 0.333. The highest BCUT2D eigenvalue weighted by Crippen LogP contribution is 2.22. The van der Waals surface area contributed by atoms with Crippen molar-refractivity contribution in [3.63, 3.8) is 0 Å². The molecule has 0 radical (unpaired) electrons. The number of anilines is 2. The highest BCUT2D eigenvalue weighted by Gasteiger charge is 2.21. The fourth-order valence-electron chi connectivity index (χ4n) is 2.85. The molecular formula is C18H20Cl3N5O. The van der Waals surface area contributed by atoms with Crippen LogP contribution in [0.5, 0.6) is 0 Å². The Kier molecular flexibility index (Phi) is 6.88. The van der Waals surface area contributed by atoms with Gasteiger partial charge < -0.3 is 20.4 Å². The summed E-state index contributed by atoms with van der Waals surface area (Å²) in [5, 5.41) is 7.63. The lowest BCUT2D eigenvalue weighted by molar-refractivity contribution is 0.195. The van der Waals surface area contributed by atoms with Crippen molar-refractivity contribution in [2.24, 2.45) is 0 Å². The molecule has 0 spiro atoms. The molecule has 2 amide bonds. The van der Waals surface area contributed by atoms with Crippen LogP contribution in [-0.4, -0.2) is 55.2 Å². The number of rotatable bonds is 5. The van der Waals surface area contributed by atoms with E-state index in [-0.39, 0.29) is 6.03 Å². The normalized spacial score (nSPS) is 14.2. The first kappa shape index (κ1) is 19.9. The molecule has 1 aromatic heterocycles. The molecule has 1 fully saturated rings. The molecule has 0 unspecified atom stereocenters. The molecule has 0 saturated carbocycles. The molecule has 9 heteroatoms. The van der Waals surface area contributed by atoms with Crippen LogP contribution in [0.3, 0.4) is 0 Å². The Morgan fingerprint density at radius 3 is 2.52 bits per heavy atom. The van der Waals surface area contributed by atoms with Crippen molar-refractivity contribution >= 4 is 52.3 Å². The molecule has 2 aromatic rings. The van der Waals surface area contributed by atoms with Gasteiger partial charge in [0.05, 0.1) is 10.0 Å². The van der Waals surface area contributed by atoms with Gasteiger partial charge in [0.1, 0.15) is 5.82 Å². The number of amides is 2. The number of halogens is 3. The summed E-state index contributed by atoms with van der Waals surface area (Å²) in [6.07, 6.45) is 1.52. The number of pyridine rings is 1. The molecule has 1 aromatic carbocycles. The Bertz CT molecular complexity index is 796. The Hall–Kier alpha value is -1.89. The number of nitrogens with one attached hydrogen (secondary N) is 2. The van der Waals surface area contributed by atoms with Gasteiger partial charge in [0, 0.05) is 56.2 Å². The topological polar surface area (TPSA) is 60.5 Å². The zero-order valence-electron chi connectivity index (χ0n) is 14.6. The molecule has 0 bridgehead atoms. The summed E-state index contributed by atoms with van der Waals surface area (Å²) in [5.74, 6) is 0.547. The summed E-state index contributed by atoms with van der Waals surface area (Å²) < 4.78 is 0. The SMILES string of the molecule is O=C(NCCNc1ncc(Cl)cc1Cl)N1CCN(c2cccc(Cl)c2)CC1. The largest absolute Gasteiger partial charge is 0.368 e. The highest BCUT2D eigenvalue weighted by molar-refractivity contribution is 6.35. The molecule has 1 aliphatic heterocycles. The minimum Gasteiger partial charge on any atom is -0.368 e. The second-order valence-corrected chi connectivity index (χ2v) is 7.38. The van der Waals surface area contributed by atoms with Crippen LogP contribution in [0, 0.1) is 0 Å². The molecule has 0 atom stereocenters. The Morgan fingerprint density at radius 2 is 1.81 bits per heavy atom. The number of piperazine rings is 1. The zero-order valence-corrected chi connectivity index (χ0v) is 16.9. The Balaban J connectivity index is 1.39. The van der Waals surface area contributed by atoms with Crippen LogP contribution in [0.2, 0.25) is 15.1 Å². The molecule has 1 aliphatic rings. The van der Waals surface area contributed by atoms with Crippen molar-refractivity contribution < 1.29 is 4.79 Å².